The topological polar surface area (TPSA) is 29.3 Å². The fourth-order valence-electron chi connectivity index (χ4n) is 3.94. The number of rotatable bonds is 4. The highest BCUT2D eigenvalue weighted by molar-refractivity contribution is 4.88. The fourth-order valence-corrected chi connectivity index (χ4v) is 3.94. The number of fused-ring (bicyclic) bond motifs is 1. The minimum atomic E-state index is 0.385. The SMILES string of the molecule is CC(C)CC(N)CN1CCCC2CCCCC21. The van der Waals surface area contributed by atoms with Crippen molar-refractivity contribution in [1.82, 2.24) is 4.90 Å². The highest BCUT2D eigenvalue weighted by Crippen LogP contribution is 2.35. The molecule has 0 radical (unpaired) electrons. The van der Waals surface area contributed by atoms with Gasteiger partial charge in [-0.3, -0.25) is 4.90 Å². The Morgan fingerprint density at radius 1 is 1.12 bits per heavy atom. The third kappa shape index (κ3) is 3.69. The summed E-state index contributed by atoms with van der Waals surface area (Å²) in [5.74, 6) is 1.72. The Balaban J connectivity index is 1.85. The van der Waals surface area contributed by atoms with Crippen LogP contribution in [0.3, 0.4) is 0 Å². The van der Waals surface area contributed by atoms with Gasteiger partial charge in [0.05, 0.1) is 0 Å². The highest BCUT2D eigenvalue weighted by atomic mass is 15.2. The van der Waals surface area contributed by atoms with E-state index in [1.54, 1.807) is 0 Å². The van der Waals surface area contributed by atoms with Gasteiger partial charge in [0.25, 0.3) is 0 Å². The van der Waals surface area contributed by atoms with Crippen LogP contribution in [-0.2, 0) is 0 Å². The van der Waals surface area contributed by atoms with E-state index in [4.69, 9.17) is 5.73 Å². The molecule has 2 N–H and O–H groups in total. The molecule has 3 atom stereocenters. The van der Waals surface area contributed by atoms with Crippen molar-refractivity contribution in [2.75, 3.05) is 13.1 Å². The first-order valence-corrected chi connectivity index (χ1v) is 7.66. The average Bonchev–Trinajstić information content (AvgIpc) is 2.28. The van der Waals surface area contributed by atoms with Gasteiger partial charge in [-0.15, -0.1) is 0 Å². The van der Waals surface area contributed by atoms with Crippen LogP contribution in [0.1, 0.15) is 58.8 Å². The molecule has 0 amide bonds. The van der Waals surface area contributed by atoms with Gasteiger partial charge in [-0.2, -0.15) is 0 Å². The Bertz CT molecular complexity index is 225. The van der Waals surface area contributed by atoms with Gasteiger partial charge in [0.2, 0.25) is 0 Å². The van der Waals surface area contributed by atoms with Crippen molar-refractivity contribution in [2.45, 2.75) is 70.9 Å². The molecule has 0 bridgehead atoms. The van der Waals surface area contributed by atoms with Gasteiger partial charge in [0.15, 0.2) is 0 Å². The highest BCUT2D eigenvalue weighted by Gasteiger charge is 2.33. The number of nitrogens with two attached hydrogens (primary N) is 1. The summed E-state index contributed by atoms with van der Waals surface area (Å²) < 4.78 is 0. The minimum Gasteiger partial charge on any atom is -0.327 e. The lowest BCUT2D eigenvalue weighted by Crippen LogP contribution is -2.51. The van der Waals surface area contributed by atoms with Crippen molar-refractivity contribution < 1.29 is 0 Å². The second-order valence-electron chi connectivity index (χ2n) is 6.64. The fraction of sp³-hybridized carbons (Fsp3) is 1.00. The zero-order valence-electron chi connectivity index (χ0n) is 11.7. The monoisotopic (exact) mass is 238 g/mol. The van der Waals surface area contributed by atoms with Crippen molar-refractivity contribution >= 4 is 0 Å². The van der Waals surface area contributed by atoms with Crippen LogP contribution in [0.5, 0.6) is 0 Å². The Kier molecular flexibility index (Phi) is 4.87. The maximum absolute atomic E-state index is 6.29. The number of piperidine rings is 1. The number of hydrogen-bond acceptors (Lipinski definition) is 2. The Morgan fingerprint density at radius 3 is 2.59 bits per heavy atom. The molecule has 2 nitrogen and oxygen atoms in total. The van der Waals surface area contributed by atoms with E-state index in [2.05, 4.69) is 18.7 Å². The van der Waals surface area contributed by atoms with Crippen LogP contribution in [0.15, 0.2) is 0 Å². The van der Waals surface area contributed by atoms with E-state index in [0.717, 1.165) is 24.4 Å². The molecular weight excluding hydrogens is 208 g/mol. The largest absolute Gasteiger partial charge is 0.327 e. The number of likely N-dealkylation sites (tertiary alicyclic amines) is 1. The van der Waals surface area contributed by atoms with Gasteiger partial charge >= 0.3 is 0 Å². The molecular formula is C15H30N2. The zero-order chi connectivity index (χ0) is 12.3. The molecule has 2 heteroatoms. The molecule has 1 saturated carbocycles. The van der Waals surface area contributed by atoms with Crippen LogP contribution in [0, 0.1) is 11.8 Å². The van der Waals surface area contributed by atoms with E-state index in [-0.39, 0.29) is 0 Å². The third-order valence-electron chi connectivity index (χ3n) is 4.60. The smallest absolute Gasteiger partial charge is 0.0170 e. The molecule has 100 valence electrons. The van der Waals surface area contributed by atoms with Gasteiger partial charge in [-0.1, -0.05) is 26.7 Å². The average molecular weight is 238 g/mol. The van der Waals surface area contributed by atoms with Crippen molar-refractivity contribution in [3.8, 4) is 0 Å². The van der Waals surface area contributed by atoms with E-state index in [1.165, 1.54) is 51.5 Å². The molecule has 1 heterocycles. The van der Waals surface area contributed by atoms with Crippen LogP contribution in [-0.4, -0.2) is 30.1 Å². The molecule has 17 heavy (non-hydrogen) atoms. The molecule has 2 fully saturated rings. The van der Waals surface area contributed by atoms with Crippen LogP contribution < -0.4 is 5.73 Å². The predicted octanol–water partition coefficient (Wildman–Crippen LogP) is 3.01. The molecule has 0 aromatic rings. The second kappa shape index (κ2) is 6.19. The van der Waals surface area contributed by atoms with Crippen molar-refractivity contribution in [2.24, 2.45) is 17.6 Å². The molecule has 1 aliphatic heterocycles. The first-order chi connectivity index (χ1) is 8.16. The van der Waals surface area contributed by atoms with Gasteiger partial charge in [0, 0.05) is 18.6 Å². The quantitative estimate of drug-likeness (QED) is 0.816. The summed E-state index contributed by atoms with van der Waals surface area (Å²) in [6.45, 7) is 6.99. The molecule has 2 aliphatic rings. The molecule has 3 unspecified atom stereocenters. The summed E-state index contributed by atoms with van der Waals surface area (Å²) in [6, 6.07) is 1.26. The van der Waals surface area contributed by atoms with E-state index in [1.807, 2.05) is 0 Å². The molecule has 0 aromatic heterocycles. The van der Waals surface area contributed by atoms with Crippen molar-refractivity contribution in [1.29, 1.82) is 0 Å². The zero-order valence-corrected chi connectivity index (χ0v) is 11.7. The van der Waals surface area contributed by atoms with Gasteiger partial charge in [-0.25, -0.2) is 0 Å². The van der Waals surface area contributed by atoms with Gasteiger partial charge in [0.1, 0.15) is 0 Å². The maximum atomic E-state index is 6.29. The Labute approximate surface area is 107 Å². The maximum Gasteiger partial charge on any atom is 0.0170 e. The minimum absolute atomic E-state index is 0.385. The van der Waals surface area contributed by atoms with E-state index < -0.39 is 0 Å². The lowest BCUT2D eigenvalue weighted by molar-refractivity contribution is 0.0546. The summed E-state index contributed by atoms with van der Waals surface area (Å²) in [5.41, 5.74) is 6.29. The molecule has 0 spiro atoms. The first-order valence-electron chi connectivity index (χ1n) is 7.66. The van der Waals surface area contributed by atoms with Gasteiger partial charge in [-0.05, 0) is 50.5 Å². The molecule has 1 aliphatic carbocycles. The van der Waals surface area contributed by atoms with Gasteiger partial charge < -0.3 is 5.73 Å². The van der Waals surface area contributed by atoms with E-state index in [9.17, 15) is 0 Å². The van der Waals surface area contributed by atoms with Crippen LogP contribution in [0.4, 0.5) is 0 Å². The van der Waals surface area contributed by atoms with E-state index in [0.29, 0.717) is 6.04 Å². The summed E-state index contributed by atoms with van der Waals surface area (Å²) in [5, 5.41) is 0. The number of nitrogens with zero attached hydrogens (tertiary/aromatic N) is 1. The normalized spacial score (nSPS) is 32.5. The summed E-state index contributed by atoms with van der Waals surface area (Å²) in [7, 11) is 0. The van der Waals surface area contributed by atoms with Crippen LogP contribution in [0.2, 0.25) is 0 Å². The number of hydrogen-bond donors (Lipinski definition) is 1. The standard InChI is InChI=1S/C15H30N2/c1-12(2)10-14(16)11-17-9-5-7-13-6-3-4-8-15(13)17/h12-15H,3-11,16H2,1-2H3. The van der Waals surface area contributed by atoms with Crippen molar-refractivity contribution in [3.63, 3.8) is 0 Å². The van der Waals surface area contributed by atoms with E-state index >= 15 is 0 Å². The summed E-state index contributed by atoms with van der Waals surface area (Å²) in [6.07, 6.45) is 9.85. The predicted molar refractivity (Wildman–Crippen MR) is 74.0 cm³/mol. The van der Waals surface area contributed by atoms with Crippen LogP contribution >= 0.6 is 0 Å². The van der Waals surface area contributed by atoms with Crippen molar-refractivity contribution in [3.05, 3.63) is 0 Å². The third-order valence-corrected chi connectivity index (χ3v) is 4.60. The Morgan fingerprint density at radius 2 is 1.82 bits per heavy atom. The summed E-state index contributed by atoms with van der Waals surface area (Å²) in [4.78, 5) is 2.72. The lowest BCUT2D eigenvalue weighted by Gasteiger charge is -2.45. The first kappa shape index (κ1) is 13.4. The lowest BCUT2D eigenvalue weighted by atomic mass is 9.78. The molecule has 1 saturated heterocycles. The van der Waals surface area contributed by atoms with Crippen LogP contribution in [0.25, 0.3) is 0 Å². The molecule has 0 aromatic carbocycles. The molecule has 2 rings (SSSR count). The summed E-state index contributed by atoms with van der Waals surface area (Å²) >= 11 is 0. The second-order valence-corrected chi connectivity index (χ2v) is 6.64. The Hall–Kier alpha value is -0.0800.